The predicted molar refractivity (Wildman–Crippen MR) is 61.1 cm³/mol. The Hall–Kier alpha value is -0.870. The maximum Gasteiger partial charge on any atom is 0.234 e. The zero-order chi connectivity index (χ0) is 11.0. The summed E-state index contributed by atoms with van der Waals surface area (Å²) in [6.07, 6.45) is -0.0149. The molecule has 5 heteroatoms. The van der Waals surface area contributed by atoms with Crippen LogP contribution in [-0.4, -0.2) is 18.2 Å². The van der Waals surface area contributed by atoms with Crippen molar-refractivity contribution >= 4 is 44.9 Å². The first-order valence-electron chi connectivity index (χ1n) is 4.35. The molecule has 0 bridgehead atoms. The molecule has 0 spiro atoms. The number of amides is 1. The number of Topliss-reactive ketones (excluding diaryl/α,β-unsaturated/α-hetero) is 1. The van der Waals surface area contributed by atoms with Crippen LogP contribution in [0.4, 0.5) is 5.69 Å². The molecule has 1 heterocycles. The second kappa shape index (κ2) is 3.94. The predicted octanol–water partition coefficient (Wildman–Crippen LogP) is 2.41. The van der Waals surface area contributed by atoms with E-state index in [-0.39, 0.29) is 24.7 Å². The average molecular weight is 289 g/mol. The van der Waals surface area contributed by atoms with E-state index < -0.39 is 0 Å². The Morgan fingerprint density at radius 1 is 1.33 bits per heavy atom. The lowest BCUT2D eigenvalue weighted by atomic mass is 10.3. The van der Waals surface area contributed by atoms with Crippen molar-refractivity contribution < 1.29 is 9.59 Å². The summed E-state index contributed by atoms with van der Waals surface area (Å²) in [6.45, 7) is 0.137. The van der Waals surface area contributed by atoms with Crippen LogP contribution in [0.5, 0.6) is 0 Å². The normalized spacial score (nSPS) is 16.3. The third-order valence-electron chi connectivity index (χ3n) is 2.21. The SMILES string of the molecule is O=C1CC(=O)N(c2cccc(Cl)c2Br)C1. The Kier molecular flexibility index (Phi) is 2.80. The van der Waals surface area contributed by atoms with Gasteiger partial charge in [0.15, 0.2) is 5.78 Å². The first-order chi connectivity index (χ1) is 7.09. The van der Waals surface area contributed by atoms with Crippen LogP contribution in [0.15, 0.2) is 22.7 Å². The minimum Gasteiger partial charge on any atom is -0.303 e. The molecule has 0 saturated carbocycles. The Balaban J connectivity index is 2.42. The summed E-state index contributed by atoms with van der Waals surface area (Å²) in [7, 11) is 0. The summed E-state index contributed by atoms with van der Waals surface area (Å²) in [5.41, 5.74) is 0.651. The Labute approximate surface area is 100 Å². The van der Waals surface area contributed by atoms with Crippen LogP contribution < -0.4 is 4.90 Å². The smallest absolute Gasteiger partial charge is 0.234 e. The standard InChI is InChI=1S/C10H7BrClNO2/c11-10-7(12)2-1-3-8(10)13-5-6(14)4-9(13)15/h1-3H,4-5H2. The summed E-state index contributed by atoms with van der Waals surface area (Å²) in [5, 5.41) is 0.527. The zero-order valence-corrected chi connectivity index (χ0v) is 10.0. The van der Waals surface area contributed by atoms with Gasteiger partial charge in [0.1, 0.15) is 0 Å². The number of hydrogen-bond donors (Lipinski definition) is 0. The first kappa shape index (κ1) is 10.6. The number of ketones is 1. The minimum absolute atomic E-state index is 0.0149. The van der Waals surface area contributed by atoms with E-state index in [2.05, 4.69) is 15.9 Å². The molecule has 0 N–H and O–H groups in total. The first-order valence-corrected chi connectivity index (χ1v) is 5.53. The van der Waals surface area contributed by atoms with Crippen LogP contribution >= 0.6 is 27.5 Å². The highest BCUT2D eigenvalue weighted by Crippen LogP contribution is 2.34. The Morgan fingerprint density at radius 3 is 2.67 bits per heavy atom. The molecule has 78 valence electrons. The third-order valence-corrected chi connectivity index (χ3v) is 3.58. The van der Waals surface area contributed by atoms with Gasteiger partial charge in [0, 0.05) is 0 Å². The number of rotatable bonds is 1. The van der Waals surface area contributed by atoms with Crippen molar-refractivity contribution in [3.63, 3.8) is 0 Å². The molecule has 1 saturated heterocycles. The quantitative estimate of drug-likeness (QED) is 0.744. The fourth-order valence-corrected chi connectivity index (χ4v) is 2.15. The lowest BCUT2D eigenvalue weighted by Crippen LogP contribution is -2.24. The second-order valence-electron chi connectivity index (χ2n) is 3.27. The molecule has 1 aromatic rings. The van der Waals surface area contributed by atoms with Gasteiger partial charge in [-0.3, -0.25) is 9.59 Å². The number of nitrogens with zero attached hydrogens (tertiary/aromatic N) is 1. The van der Waals surface area contributed by atoms with E-state index in [0.717, 1.165) is 0 Å². The van der Waals surface area contributed by atoms with E-state index in [1.807, 2.05) is 0 Å². The van der Waals surface area contributed by atoms with E-state index in [4.69, 9.17) is 11.6 Å². The second-order valence-corrected chi connectivity index (χ2v) is 4.47. The zero-order valence-electron chi connectivity index (χ0n) is 7.67. The van der Waals surface area contributed by atoms with Crippen molar-refractivity contribution in [3.8, 4) is 0 Å². The van der Waals surface area contributed by atoms with Crippen molar-refractivity contribution in [2.24, 2.45) is 0 Å². The number of carbonyl (C=O) groups excluding carboxylic acids is 2. The van der Waals surface area contributed by atoms with Crippen molar-refractivity contribution in [2.75, 3.05) is 11.4 Å². The molecule has 0 aromatic heterocycles. The highest BCUT2D eigenvalue weighted by Gasteiger charge is 2.29. The maximum absolute atomic E-state index is 11.5. The van der Waals surface area contributed by atoms with E-state index in [9.17, 15) is 9.59 Å². The molecule has 1 aromatic carbocycles. The van der Waals surface area contributed by atoms with E-state index in [1.165, 1.54) is 4.90 Å². The van der Waals surface area contributed by atoms with Gasteiger partial charge in [-0.25, -0.2) is 0 Å². The molecule has 15 heavy (non-hydrogen) atoms. The van der Waals surface area contributed by atoms with Gasteiger partial charge in [0.25, 0.3) is 0 Å². The van der Waals surface area contributed by atoms with Gasteiger partial charge in [-0.1, -0.05) is 17.7 Å². The summed E-state index contributed by atoms with van der Waals surface area (Å²) in [4.78, 5) is 24.1. The summed E-state index contributed by atoms with van der Waals surface area (Å²) in [5.74, 6) is -0.241. The fraction of sp³-hybridized carbons (Fsp3) is 0.200. The molecule has 1 fully saturated rings. The number of halogens is 2. The molecule has 0 atom stereocenters. The van der Waals surface area contributed by atoms with Crippen LogP contribution in [-0.2, 0) is 9.59 Å². The van der Waals surface area contributed by atoms with Crippen LogP contribution in [0.3, 0.4) is 0 Å². The van der Waals surface area contributed by atoms with Gasteiger partial charge in [0.2, 0.25) is 5.91 Å². The van der Waals surface area contributed by atoms with Crippen molar-refractivity contribution in [3.05, 3.63) is 27.7 Å². The molecule has 1 aliphatic heterocycles. The minimum atomic E-state index is -0.178. The summed E-state index contributed by atoms with van der Waals surface area (Å²) >= 11 is 9.21. The van der Waals surface area contributed by atoms with Gasteiger partial charge >= 0.3 is 0 Å². The van der Waals surface area contributed by atoms with E-state index in [0.29, 0.717) is 15.2 Å². The van der Waals surface area contributed by atoms with Gasteiger partial charge in [-0.2, -0.15) is 0 Å². The van der Waals surface area contributed by atoms with E-state index in [1.54, 1.807) is 18.2 Å². The molecule has 3 nitrogen and oxygen atoms in total. The molecule has 0 radical (unpaired) electrons. The molecule has 1 aliphatic rings. The van der Waals surface area contributed by atoms with Crippen LogP contribution in [0.1, 0.15) is 6.42 Å². The lowest BCUT2D eigenvalue weighted by Gasteiger charge is -2.16. The van der Waals surface area contributed by atoms with Gasteiger partial charge in [-0.15, -0.1) is 0 Å². The number of anilines is 1. The Bertz CT molecular complexity index is 447. The van der Waals surface area contributed by atoms with Gasteiger partial charge < -0.3 is 4.90 Å². The van der Waals surface area contributed by atoms with Crippen molar-refractivity contribution in [1.82, 2.24) is 0 Å². The molecule has 0 aliphatic carbocycles. The Morgan fingerprint density at radius 2 is 2.07 bits per heavy atom. The highest BCUT2D eigenvalue weighted by molar-refractivity contribution is 9.10. The van der Waals surface area contributed by atoms with Crippen molar-refractivity contribution in [1.29, 1.82) is 0 Å². The molecular weight excluding hydrogens is 281 g/mol. The van der Waals surface area contributed by atoms with Crippen LogP contribution in [0.25, 0.3) is 0 Å². The largest absolute Gasteiger partial charge is 0.303 e. The van der Waals surface area contributed by atoms with Crippen LogP contribution in [0.2, 0.25) is 5.02 Å². The number of carbonyl (C=O) groups is 2. The monoisotopic (exact) mass is 287 g/mol. The summed E-state index contributed by atoms with van der Waals surface area (Å²) < 4.78 is 0.648. The molecule has 2 rings (SSSR count). The average Bonchev–Trinajstić information content (AvgIpc) is 2.50. The molecule has 0 unspecified atom stereocenters. The third kappa shape index (κ3) is 1.92. The molecule has 1 amide bonds. The van der Waals surface area contributed by atoms with Gasteiger partial charge in [0.05, 0.1) is 28.1 Å². The van der Waals surface area contributed by atoms with E-state index >= 15 is 0 Å². The lowest BCUT2D eigenvalue weighted by molar-refractivity contribution is -0.121. The molecular formula is C10H7BrClNO2. The van der Waals surface area contributed by atoms with Crippen molar-refractivity contribution in [2.45, 2.75) is 6.42 Å². The number of hydrogen-bond acceptors (Lipinski definition) is 2. The topological polar surface area (TPSA) is 37.4 Å². The fourth-order valence-electron chi connectivity index (χ4n) is 1.50. The summed E-state index contributed by atoms with van der Waals surface area (Å²) in [6, 6.07) is 5.22. The highest BCUT2D eigenvalue weighted by atomic mass is 79.9. The maximum atomic E-state index is 11.5. The van der Waals surface area contributed by atoms with Crippen LogP contribution in [0, 0.1) is 0 Å². The van der Waals surface area contributed by atoms with Gasteiger partial charge in [-0.05, 0) is 28.1 Å². The number of benzene rings is 1.